The summed E-state index contributed by atoms with van der Waals surface area (Å²) in [5.41, 5.74) is 0.975. The predicted octanol–water partition coefficient (Wildman–Crippen LogP) is 1.41. The molecule has 2 N–H and O–H groups in total. The van der Waals surface area contributed by atoms with Crippen molar-refractivity contribution in [3.63, 3.8) is 0 Å². The number of amides is 1. The molecule has 19 heavy (non-hydrogen) atoms. The number of carbonyl (C=O) groups is 2. The second-order valence-electron chi connectivity index (χ2n) is 4.44. The summed E-state index contributed by atoms with van der Waals surface area (Å²) in [6, 6.07) is 8.45. The molecule has 0 bridgehead atoms. The minimum Gasteiger partial charge on any atom is -0.480 e. The second kappa shape index (κ2) is 5.71. The SMILES string of the molecule is O=C(O)[C@@H]1C[C@H](OCc2ccccc2)CN1C(=O)O. The first-order valence-corrected chi connectivity index (χ1v) is 5.96. The van der Waals surface area contributed by atoms with Gasteiger partial charge in [0.2, 0.25) is 0 Å². The summed E-state index contributed by atoms with van der Waals surface area (Å²) in [5, 5.41) is 17.9. The van der Waals surface area contributed by atoms with Gasteiger partial charge in [-0.05, 0) is 5.56 Å². The van der Waals surface area contributed by atoms with Crippen LogP contribution in [0.25, 0.3) is 0 Å². The van der Waals surface area contributed by atoms with E-state index in [1.807, 2.05) is 30.3 Å². The maximum Gasteiger partial charge on any atom is 0.408 e. The Kier molecular flexibility index (Phi) is 4.01. The van der Waals surface area contributed by atoms with Crippen LogP contribution < -0.4 is 0 Å². The third kappa shape index (κ3) is 3.23. The summed E-state index contributed by atoms with van der Waals surface area (Å²) < 4.78 is 5.58. The van der Waals surface area contributed by atoms with Crippen molar-refractivity contribution in [3.05, 3.63) is 35.9 Å². The summed E-state index contributed by atoms with van der Waals surface area (Å²) in [5.74, 6) is -1.13. The lowest BCUT2D eigenvalue weighted by atomic mass is 10.2. The maximum atomic E-state index is 11.0. The Hall–Kier alpha value is -2.08. The molecular formula is C13H15NO5. The van der Waals surface area contributed by atoms with E-state index in [2.05, 4.69) is 0 Å². The highest BCUT2D eigenvalue weighted by Gasteiger charge is 2.40. The first-order chi connectivity index (χ1) is 9.08. The fraction of sp³-hybridized carbons (Fsp3) is 0.385. The molecule has 0 aromatic heterocycles. The van der Waals surface area contributed by atoms with Crippen molar-refractivity contribution in [1.82, 2.24) is 4.90 Å². The zero-order chi connectivity index (χ0) is 13.8. The highest BCUT2D eigenvalue weighted by molar-refractivity contribution is 5.80. The molecule has 6 nitrogen and oxygen atoms in total. The van der Waals surface area contributed by atoms with E-state index >= 15 is 0 Å². The van der Waals surface area contributed by atoms with E-state index in [9.17, 15) is 9.59 Å². The van der Waals surface area contributed by atoms with Gasteiger partial charge in [0.15, 0.2) is 0 Å². The molecule has 102 valence electrons. The Labute approximate surface area is 110 Å². The maximum absolute atomic E-state index is 11.0. The van der Waals surface area contributed by atoms with Gasteiger partial charge in [-0.15, -0.1) is 0 Å². The monoisotopic (exact) mass is 265 g/mol. The van der Waals surface area contributed by atoms with E-state index in [4.69, 9.17) is 14.9 Å². The van der Waals surface area contributed by atoms with Crippen molar-refractivity contribution < 1.29 is 24.5 Å². The van der Waals surface area contributed by atoms with Crippen LogP contribution >= 0.6 is 0 Å². The Morgan fingerprint density at radius 3 is 2.47 bits per heavy atom. The van der Waals surface area contributed by atoms with Crippen LogP contribution in [0.5, 0.6) is 0 Å². The molecule has 1 heterocycles. The van der Waals surface area contributed by atoms with Gasteiger partial charge in [-0.3, -0.25) is 4.90 Å². The average molecular weight is 265 g/mol. The molecule has 1 amide bonds. The number of hydrogen-bond donors (Lipinski definition) is 2. The molecule has 6 heteroatoms. The van der Waals surface area contributed by atoms with E-state index in [1.54, 1.807) is 0 Å². The molecule has 2 rings (SSSR count). The lowest BCUT2D eigenvalue weighted by molar-refractivity contribution is -0.141. The standard InChI is InChI=1S/C13H15NO5/c15-12(16)11-6-10(7-14(11)13(17)18)19-8-9-4-2-1-3-5-9/h1-5,10-11H,6-8H2,(H,15,16)(H,17,18)/t10-,11-/m0/s1. The molecule has 0 aliphatic carbocycles. The summed E-state index contributed by atoms with van der Waals surface area (Å²) in [6.07, 6.45) is -1.41. The largest absolute Gasteiger partial charge is 0.480 e. The number of nitrogens with zero attached hydrogens (tertiary/aromatic N) is 1. The van der Waals surface area contributed by atoms with E-state index in [-0.39, 0.29) is 19.1 Å². The average Bonchev–Trinajstić information content (AvgIpc) is 2.82. The van der Waals surface area contributed by atoms with Crippen molar-refractivity contribution in [3.8, 4) is 0 Å². The summed E-state index contributed by atoms with van der Waals surface area (Å²) in [6.45, 7) is 0.449. The molecular weight excluding hydrogens is 250 g/mol. The van der Waals surface area contributed by atoms with Crippen LogP contribution in [-0.2, 0) is 16.1 Å². The molecule has 1 aromatic rings. The fourth-order valence-corrected chi connectivity index (χ4v) is 2.15. The number of hydrogen-bond acceptors (Lipinski definition) is 3. The van der Waals surface area contributed by atoms with Gasteiger partial charge >= 0.3 is 12.1 Å². The number of likely N-dealkylation sites (tertiary alicyclic amines) is 1. The van der Waals surface area contributed by atoms with E-state index in [0.717, 1.165) is 10.5 Å². The van der Waals surface area contributed by atoms with Gasteiger partial charge in [0.1, 0.15) is 6.04 Å². The van der Waals surface area contributed by atoms with Gasteiger partial charge in [-0.2, -0.15) is 0 Å². The number of benzene rings is 1. The first-order valence-electron chi connectivity index (χ1n) is 5.96. The third-order valence-corrected chi connectivity index (χ3v) is 3.12. The number of ether oxygens (including phenoxy) is 1. The third-order valence-electron chi connectivity index (χ3n) is 3.12. The summed E-state index contributed by atoms with van der Waals surface area (Å²) in [4.78, 5) is 22.8. The van der Waals surface area contributed by atoms with Crippen LogP contribution in [0.4, 0.5) is 4.79 Å². The number of carboxylic acid groups (broad SMARTS) is 2. The number of aliphatic carboxylic acids is 1. The number of carboxylic acids is 1. The second-order valence-corrected chi connectivity index (χ2v) is 4.44. The van der Waals surface area contributed by atoms with Crippen LogP contribution in [0.15, 0.2) is 30.3 Å². The zero-order valence-corrected chi connectivity index (χ0v) is 10.2. The molecule has 1 aliphatic heterocycles. The molecule has 0 radical (unpaired) electrons. The highest BCUT2D eigenvalue weighted by Crippen LogP contribution is 2.21. The predicted molar refractivity (Wildman–Crippen MR) is 65.8 cm³/mol. The minimum absolute atomic E-state index is 0.0964. The normalized spacial score (nSPS) is 22.4. The van der Waals surface area contributed by atoms with Gasteiger partial charge in [-0.1, -0.05) is 30.3 Å². The molecule has 1 fully saturated rings. The Morgan fingerprint density at radius 1 is 1.26 bits per heavy atom. The van der Waals surface area contributed by atoms with Crippen LogP contribution in [0.1, 0.15) is 12.0 Å². The highest BCUT2D eigenvalue weighted by atomic mass is 16.5. The van der Waals surface area contributed by atoms with Gasteiger partial charge < -0.3 is 14.9 Å². The van der Waals surface area contributed by atoms with E-state index in [0.29, 0.717) is 6.61 Å². The molecule has 0 unspecified atom stereocenters. The Morgan fingerprint density at radius 2 is 1.95 bits per heavy atom. The van der Waals surface area contributed by atoms with Gasteiger partial charge in [-0.25, -0.2) is 9.59 Å². The van der Waals surface area contributed by atoms with Crippen LogP contribution in [0, 0.1) is 0 Å². The summed E-state index contributed by atoms with van der Waals surface area (Å²) >= 11 is 0. The van der Waals surface area contributed by atoms with Crippen LogP contribution in [0.3, 0.4) is 0 Å². The molecule has 1 saturated heterocycles. The molecule has 2 atom stereocenters. The van der Waals surface area contributed by atoms with Crippen molar-refractivity contribution in [2.45, 2.75) is 25.2 Å². The topological polar surface area (TPSA) is 87.1 Å². The van der Waals surface area contributed by atoms with Crippen LogP contribution in [-0.4, -0.2) is 45.9 Å². The lowest BCUT2D eigenvalue weighted by Crippen LogP contribution is -2.39. The Bertz CT molecular complexity index is 439. The zero-order valence-electron chi connectivity index (χ0n) is 10.2. The lowest BCUT2D eigenvalue weighted by Gasteiger charge is -2.16. The smallest absolute Gasteiger partial charge is 0.408 e. The first kappa shape index (κ1) is 13.4. The van der Waals surface area contributed by atoms with Crippen LogP contribution in [0.2, 0.25) is 0 Å². The molecule has 0 saturated carbocycles. The quantitative estimate of drug-likeness (QED) is 0.859. The van der Waals surface area contributed by atoms with Gasteiger partial charge in [0.05, 0.1) is 19.3 Å². The fourth-order valence-electron chi connectivity index (χ4n) is 2.15. The molecule has 0 spiro atoms. The van der Waals surface area contributed by atoms with Crippen molar-refractivity contribution in [2.24, 2.45) is 0 Å². The van der Waals surface area contributed by atoms with Gasteiger partial charge in [0, 0.05) is 6.42 Å². The number of rotatable bonds is 4. The van der Waals surface area contributed by atoms with Gasteiger partial charge in [0.25, 0.3) is 0 Å². The van der Waals surface area contributed by atoms with E-state index in [1.165, 1.54) is 0 Å². The van der Waals surface area contributed by atoms with Crippen molar-refractivity contribution >= 4 is 12.1 Å². The molecule has 1 aromatic carbocycles. The molecule has 1 aliphatic rings. The Balaban J connectivity index is 1.93. The van der Waals surface area contributed by atoms with E-state index < -0.39 is 18.1 Å². The van der Waals surface area contributed by atoms with Crippen molar-refractivity contribution in [2.75, 3.05) is 6.54 Å². The minimum atomic E-state index is -1.22. The summed E-state index contributed by atoms with van der Waals surface area (Å²) in [7, 11) is 0. The van der Waals surface area contributed by atoms with Crippen molar-refractivity contribution in [1.29, 1.82) is 0 Å².